The molecular formula is C29H34ClN3O4S. The third kappa shape index (κ3) is 7.14. The molecule has 2 amide bonds. The molecule has 0 unspecified atom stereocenters. The lowest BCUT2D eigenvalue weighted by Crippen LogP contribution is -2.52. The Balaban J connectivity index is 2.05. The molecule has 7 nitrogen and oxygen atoms in total. The van der Waals surface area contributed by atoms with Crippen molar-refractivity contribution < 1.29 is 18.0 Å². The molecule has 0 aliphatic carbocycles. The number of halogens is 1. The fraction of sp³-hybridized carbons (Fsp3) is 0.310. The smallest absolute Gasteiger partial charge is 0.264 e. The van der Waals surface area contributed by atoms with Crippen LogP contribution in [0.1, 0.15) is 37.0 Å². The third-order valence-corrected chi connectivity index (χ3v) is 8.22. The number of aryl methyl sites for hydroxylation is 2. The van der Waals surface area contributed by atoms with Gasteiger partial charge >= 0.3 is 0 Å². The Kier molecular flexibility index (Phi) is 9.94. The summed E-state index contributed by atoms with van der Waals surface area (Å²) in [7, 11) is -4.13. The minimum absolute atomic E-state index is 0.0112. The first-order chi connectivity index (χ1) is 18.1. The zero-order valence-corrected chi connectivity index (χ0v) is 23.7. The number of nitrogens with zero attached hydrogens (tertiary/aromatic N) is 2. The molecule has 1 atom stereocenters. The Labute approximate surface area is 230 Å². The zero-order chi connectivity index (χ0) is 27.9. The van der Waals surface area contributed by atoms with E-state index in [1.807, 2.05) is 58.0 Å². The summed E-state index contributed by atoms with van der Waals surface area (Å²) in [5, 5.41) is 3.21. The predicted octanol–water partition coefficient (Wildman–Crippen LogP) is 5.10. The monoisotopic (exact) mass is 555 g/mol. The molecule has 0 bridgehead atoms. The number of rotatable bonds is 11. The molecule has 1 N–H and O–H groups in total. The highest BCUT2D eigenvalue weighted by Gasteiger charge is 2.33. The van der Waals surface area contributed by atoms with Crippen LogP contribution in [-0.2, 0) is 26.2 Å². The fourth-order valence-electron chi connectivity index (χ4n) is 4.15. The summed E-state index contributed by atoms with van der Waals surface area (Å²) >= 11 is 5.99. The maximum atomic E-state index is 13.9. The van der Waals surface area contributed by atoms with Gasteiger partial charge in [-0.05, 0) is 74.7 Å². The van der Waals surface area contributed by atoms with Crippen LogP contribution in [0, 0.1) is 13.8 Å². The molecule has 38 heavy (non-hydrogen) atoms. The predicted molar refractivity (Wildman–Crippen MR) is 152 cm³/mol. The first kappa shape index (κ1) is 29.2. The number of amides is 2. The molecule has 3 rings (SSSR count). The Morgan fingerprint density at radius 3 is 2.16 bits per heavy atom. The van der Waals surface area contributed by atoms with Gasteiger partial charge < -0.3 is 10.2 Å². The molecule has 0 heterocycles. The number of hydrogen-bond donors (Lipinski definition) is 1. The van der Waals surface area contributed by atoms with E-state index in [1.54, 1.807) is 18.2 Å². The number of hydrogen-bond acceptors (Lipinski definition) is 4. The van der Waals surface area contributed by atoms with E-state index in [1.165, 1.54) is 29.2 Å². The molecule has 0 saturated heterocycles. The average molecular weight is 556 g/mol. The van der Waals surface area contributed by atoms with Gasteiger partial charge in [0.2, 0.25) is 11.8 Å². The van der Waals surface area contributed by atoms with Crippen molar-refractivity contribution in [3.63, 3.8) is 0 Å². The van der Waals surface area contributed by atoms with Crippen LogP contribution in [0.5, 0.6) is 0 Å². The third-order valence-electron chi connectivity index (χ3n) is 6.18. The van der Waals surface area contributed by atoms with Crippen LogP contribution in [0.25, 0.3) is 0 Å². The summed E-state index contributed by atoms with van der Waals surface area (Å²) in [6.45, 7) is 7.57. The summed E-state index contributed by atoms with van der Waals surface area (Å²) in [6.07, 6.45) is 0.373. The van der Waals surface area contributed by atoms with Crippen LogP contribution < -0.4 is 9.62 Å². The van der Waals surface area contributed by atoms with Crippen molar-refractivity contribution in [2.45, 2.75) is 51.6 Å². The molecule has 3 aromatic rings. The fourth-order valence-corrected chi connectivity index (χ4v) is 5.68. The summed E-state index contributed by atoms with van der Waals surface area (Å²) in [5.41, 5.74) is 3.11. The second-order valence-corrected chi connectivity index (χ2v) is 11.4. The first-order valence-corrected chi connectivity index (χ1v) is 14.4. The molecule has 0 fully saturated rings. The minimum atomic E-state index is -4.13. The summed E-state index contributed by atoms with van der Waals surface area (Å²) in [5.74, 6) is -0.763. The molecule has 0 aliphatic rings. The van der Waals surface area contributed by atoms with E-state index in [0.29, 0.717) is 23.7 Å². The standard InChI is InChI=1S/C29H34ClN3O4S/c1-5-27(29(35)31-6-2)32(19-23-12-10-21(3)11-13-23)28(34)20-33(25-9-7-8-22(4)18-25)38(36,37)26-16-14-24(30)15-17-26/h7-18,27H,5-6,19-20H2,1-4H3,(H,31,35)/t27-/m1/s1. The van der Waals surface area contributed by atoms with Gasteiger partial charge in [0.15, 0.2) is 0 Å². The Morgan fingerprint density at radius 1 is 0.921 bits per heavy atom. The van der Waals surface area contributed by atoms with Crippen molar-refractivity contribution in [3.8, 4) is 0 Å². The van der Waals surface area contributed by atoms with Gasteiger partial charge in [0, 0.05) is 18.1 Å². The van der Waals surface area contributed by atoms with Crippen molar-refractivity contribution in [1.82, 2.24) is 10.2 Å². The highest BCUT2D eigenvalue weighted by atomic mass is 35.5. The summed E-state index contributed by atoms with van der Waals surface area (Å²) in [6, 6.07) is 19.7. The second kappa shape index (κ2) is 12.9. The molecule has 202 valence electrons. The SMILES string of the molecule is CCNC(=O)[C@@H](CC)N(Cc1ccc(C)cc1)C(=O)CN(c1cccc(C)c1)S(=O)(=O)c1ccc(Cl)cc1. The number of benzene rings is 3. The molecule has 0 spiro atoms. The lowest BCUT2D eigenvalue weighted by Gasteiger charge is -2.33. The molecule has 3 aromatic carbocycles. The van der Waals surface area contributed by atoms with Crippen LogP contribution >= 0.6 is 11.6 Å². The molecule has 9 heteroatoms. The van der Waals surface area contributed by atoms with Crippen LogP contribution in [0.3, 0.4) is 0 Å². The van der Waals surface area contributed by atoms with E-state index >= 15 is 0 Å². The van der Waals surface area contributed by atoms with Gasteiger partial charge in [-0.3, -0.25) is 13.9 Å². The topological polar surface area (TPSA) is 86.8 Å². The molecule has 0 aromatic heterocycles. The molecule has 0 saturated carbocycles. The quantitative estimate of drug-likeness (QED) is 0.357. The van der Waals surface area contributed by atoms with E-state index < -0.39 is 28.5 Å². The van der Waals surface area contributed by atoms with Crippen molar-refractivity contribution in [2.24, 2.45) is 0 Å². The van der Waals surface area contributed by atoms with Crippen molar-refractivity contribution in [1.29, 1.82) is 0 Å². The average Bonchev–Trinajstić information content (AvgIpc) is 2.88. The van der Waals surface area contributed by atoms with Gasteiger partial charge in [-0.25, -0.2) is 8.42 Å². The number of nitrogens with one attached hydrogen (secondary N) is 1. The van der Waals surface area contributed by atoms with Crippen molar-refractivity contribution in [3.05, 3.63) is 94.5 Å². The maximum Gasteiger partial charge on any atom is 0.264 e. The number of likely N-dealkylation sites (N-methyl/N-ethyl adjacent to an activating group) is 1. The van der Waals surface area contributed by atoms with E-state index in [0.717, 1.165) is 21.0 Å². The summed E-state index contributed by atoms with van der Waals surface area (Å²) < 4.78 is 28.7. The second-order valence-electron chi connectivity index (χ2n) is 9.13. The Hall–Kier alpha value is -3.36. The Morgan fingerprint density at radius 2 is 1.58 bits per heavy atom. The van der Waals surface area contributed by atoms with Crippen LogP contribution in [-0.4, -0.2) is 44.3 Å². The molecular weight excluding hydrogens is 522 g/mol. The molecule has 0 radical (unpaired) electrons. The lowest BCUT2D eigenvalue weighted by atomic mass is 10.1. The van der Waals surface area contributed by atoms with Crippen LogP contribution in [0.2, 0.25) is 5.02 Å². The van der Waals surface area contributed by atoms with E-state index in [4.69, 9.17) is 11.6 Å². The van der Waals surface area contributed by atoms with Gasteiger partial charge in [-0.1, -0.05) is 60.5 Å². The van der Waals surface area contributed by atoms with E-state index in [-0.39, 0.29) is 17.3 Å². The van der Waals surface area contributed by atoms with Gasteiger partial charge in [0.05, 0.1) is 10.6 Å². The highest BCUT2D eigenvalue weighted by Crippen LogP contribution is 2.26. The normalized spacial score (nSPS) is 12.0. The first-order valence-electron chi connectivity index (χ1n) is 12.5. The highest BCUT2D eigenvalue weighted by molar-refractivity contribution is 7.92. The number of carbonyl (C=O) groups excluding carboxylic acids is 2. The zero-order valence-electron chi connectivity index (χ0n) is 22.1. The van der Waals surface area contributed by atoms with Crippen molar-refractivity contribution in [2.75, 3.05) is 17.4 Å². The minimum Gasteiger partial charge on any atom is -0.355 e. The van der Waals surface area contributed by atoms with Gasteiger partial charge in [-0.2, -0.15) is 0 Å². The Bertz CT molecular complexity index is 1360. The lowest BCUT2D eigenvalue weighted by molar-refractivity contribution is -0.140. The maximum absolute atomic E-state index is 13.9. The van der Waals surface area contributed by atoms with Crippen molar-refractivity contribution >= 4 is 39.1 Å². The number of anilines is 1. The summed E-state index contributed by atoms with van der Waals surface area (Å²) in [4.78, 5) is 28.4. The largest absolute Gasteiger partial charge is 0.355 e. The van der Waals surface area contributed by atoms with Gasteiger partial charge in [-0.15, -0.1) is 0 Å². The van der Waals surface area contributed by atoms with Gasteiger partial charge in [0.25, 0.3) is 10.0 Å². The molecule has 0 aliphatic heterocycles. The number of carbonyl (C=O) groups is 2. The van der Waals surface area contributed by atoms with E-state index in [9.17, 15) is 18.0 Å². The van der Waals surface area contributed by atoms with Gasteiger partial charge in [0.1, 0.15) is 12.6 Å². The number of sulfonamides is 1. The van der Waals surface area contributed by atoms with Crippen LogP contribution in [0.15, 0.2) is 77.7 Å². The van der Waals surface area contributed by atoms with Crippen LogP contribution in [0.4, 0.5) is 5.69 Å². The van der Waals surface area contributed by atoms with E-state index in [2.05, 4.69) is 5.32 Å².